The molecule has 2 heterocycles. The summed E-state index contributed by atoms with van der Waals surface area (Å²) >= 11 is 1.75. The Hall–Kier alpha value is -1.26. The fourth-order valence-corrected chi connectivity index (χ4v) is 2.59. The van der Waals surface area contributed by atoms with Gasteiger partial charge in [0, 0.05) is 28.9 Å². The zero-order valence-corrected chi connectivity index (χ0v) is 10.5. The van der Waals surface area contributed by atoms with E-state index in [4.69, 9.17) is 0 Å². The van der Waals surface area contributed by atoms with Crippen LogP contribution in [0.5, 0.6) is 0 Å². The van der Waals surface area contributed by atoms with Crippen LogP contribution in [-0.2, 0) is 0 Å². The van der Waals surface area contributed by atoms with Crippen molar-refractivity contribution in [1.82, 2.24) is 15.3 Å². The summed E-state index contributed by atoms with van der Waals surface area (Å²) in [4.78, 5) is 9.92. The van der Waals surface area contributed by atoms with Gasteiger partial charge in [-0.3, -0.25) is 4.98 Å². The highest BCUT2D eigenvalue weighted by atomic mass is 32.1. The zero-order valence-electron chi connectivity index (χ0n) is 9.69. The van der Waals surface area contributed by atoms with E-state index in [-0.39, 0.29) is 0 Å². The van der Waals surface area contributed by atoms with Crippen LogP contribution in [0.2, 0.25) is 0 Å². The number of aryl methyl sites for hydroxylation is 1. The SMILES string of the molecule is CNC(C)c1sc(C)nc1-c1ccncc1. The van der Waals surface area contributed by atoms with Gasteiger partial charge in [0.2, 0.25) is 0 Å². The second kappa shape index (κ2) is 4.72. The number of thiazole rings is 1. The summed E-state index contributed by atoms with van der Waals surface area (Å²) in [5, 5.41) is 4.36. The van der Waals surface area contributed by atoms with Gasteiger partial charge in [-0.05, 0) is 33.0 Å². The van der Waals surface area contributed by atoms with E-state index in [1.54, 1.807) is 23.7 Å². The van der Waals surface area contributed by atoms with Gasteiger partial charge in [-0.15, -0.1) is 11.3 Å². The molecule has 2 aromatic heterocycles. The maximum atomic E-state index is 4.60. The predicted molar refractivity (Wildman–Crippen MR) is 67.6 cm³/mol. The Morgan fingerprint density at radius 2 is 2.00 bits per heavy atom. The van der Waals surface area contributed by atoms with Crippen molar-refractivity contribution in [1.29, 1.82) is 0 Å². The summed E-state index contributed by atoms with van der Waals surface area (Å²) < 4.78 is 0. The summed E-state index contributed by atoms with van der Waals surface area (Å²) in [5.41, 5.74) is 2.21. The van der Waals surface area contributed by atoms with E-state index in [9.17, 15) is 0 Å². The quantitative estimate of drug-likeness (QED) is 0.885. The number of aromatic nitrogens is 2. The van der Waals surface area contributed by atoms with Gasteiger partial charge >= 0.3 is 0 Å². The monoisotopic (exact) mass is 233 g/mol. The lowest BCUT2D eigenvalue weighted by Gasteiger charge is -2.09. The third kappa shape index (κ3) is 2.13. The fraction of sp³-hybridized carbons (Fsp3) is 0.333. The van der Waals surface area contributed by atoms with Crippen molar-refractivity contribution in [3.05, 3.63) is 34.4 Å². The molecule has 0 saturated carbocycles. The number of hydrogen-bond acceptors (Lipinski definition) is 4. The van der Waals surface area contributed by atoms with Crippen molar-refractivity contribution >= 4 is 11.3 Å². The zero-order chi connectivity index (χ0) is 11.5. The number of nitrogens with one attached hydrogen (secondary N) is 1. The van der Waals surface area contributed by atoms with Crippen LogP contribution >= 0.6 is 11.3 Å². The largest absolute Gasteiger partial charge is 0.312 e. The molecule has 4 heteroatoms. The normalized spacial score (nSPS) is 12.7. The molecule has 1 atom stereocenters. The lowest BCUT2D eigenvalue weighted by atomic mass is 10.1. The first-order valence-electron chi connectivity index (χ1n) is 5.27. The summed E-state index contributed by atoms with van der Waals surface area (Å²) in [6.45, 7) is 4.19. The van der Waals surface area contributed by atoms with Gasteiger partial charge in [-0.1, -0.05) is 0 Å². The highest BCUT2D eigenvalue weighted by Crippen LogP contribution is 2.32. The van der Waals surface area contributed by atoms with Crippen LogP contribution < -0.4 is 5.32 Å². The van der Waals surface area contributed by atoms with E-state index in [2.05, 4.69) is 22.2 Å². The van der Waals surface area contributed by atoms with E-state index < -0.39 is 0 Å². The van der Waals surface area contributed by atoms with Crippen molar-refractivity contribution < 1.29 is 0 Å². The summed E-state index contributed by atoms with van der Waals surface area (Å²) in [6.07, 6.45) is 3.61. The molecule has 0 spiro atoms. The summed E-state index contributed by atoms with van der Waals surface area (Å²) in [6, 6.07) is 4.33. The highest BCUT2D eigenvalue weighted by molar-refractivity contribution is 7.12. The molecule has 0 amide bonds. The first-order chi connectivity index (χ1) is 7.72. The Bertz CT molecular complexity index is 464. The third-order valence-corrected chi connectivity index (χ3v) is 3.69. The average Bonchev–Trinajstić information content (AvgIpc) is 2.71. The molecule has 0 saturated heterocycles. The molecule has 3 nitrogen and oxygen atoms in total. The standard InChI is InChI=1S/C12H15N3S/c1-8(13-3)12-11(15-9(2)16-12)10-4-6-14-7-5-10/h4-8,13H,1-3H3. The Kier molecular flexibility index (Phi) is 3.31. The van der Waals surface area contributed by atoms with Gasteiger partial charge in [0.1, 0.15) is 0 Å². The molecule has 16 heavy (non-hydrogen) atoms. The van der Waals surface area contributed by atoms with Crippen molar-refractivity contribution in [2.24, 2.45) is 0 Å². The van der Waals surface area contributed by atoms with Gasteiger partial charge in [-0.2, -0.15) is 0 Å². The van der Waals surface area contributed by atoms with E-state index >= 15 is 0 Å². The molecule has 1 N–H and O–H groups in total. The van der Waals surface area contributed by atoms with Crippen LogP contribution in [-0.4, -0.2) is 17.0 Å². The maximum absolute atomic E-state index is 4.60. The smallest absolute Gasteiger partial charge is 0.0905 e. The molecule has 2 rings (SSSR count). The Balaban J connectivity index is 2.48. The van der Waals surface area contributed by atoms with Gasteiger partial charge in [0.25, 0.3) is 0 Å². The van der Waals surface area contributed by atoms with Crippen LogP contribution in [0.3, 0.4) is 0 Å². The molecule has 0 aliphatic rings. The maximum Gasteiger partial charge on any atom is 0.0905 e. The molecule has 0 aliphatic heterocycles. The van der Waals surface area contributed by atoms with Gasteiger partial charge < -0.3 is 5.32 Å². The minimum absolute atomic E-state index is 0.328. The minimum atomic E-state index is 0.328. The van der Waals surface area contributed by atoms with Crippen molar-refractivity contribution in [3.8, 4) is 11.3 Å². The molecule has 84 valence electrons. The molecule has 0 bridgehead atoms. The lowest BCUT2D eigenvalue weighted by Crippen LogP contribution is -2.11. The van der Waals surface area contributed by atoms with Gasteiger partial charge in [0.05, 0.1) is 10.7 Å². The van der Waals surface area contributed by atoms with Crippen LogP contribution in [0.25, 0.3) is 11.3 Å². The number of hydrogen-bond donors (Lipinski definition) is 1. The molecule has 0 fully saturated rings. The van der Waals surface area contributed by atoms with Crippen LogP contribution in [0.4, 0.5) is 0 Å². The first-order valence-corrected chi connectivity index (χ1v) is 6.09. The number of rotatable bonds is 3. The van der Waals surface area contributed by atoms with E-state index in [0.717, 1.165) is 16.3 Å². The van der Waals surface area contributed by atoms with Crippen molar-refractivity contribution in [2.45, 2.75) is 19.9 Å². The van der Waals surface area contributed by atoms with Crippen LogP contribution in [0.1, 0.15) is 22.9 Å². The van der Waals surface area contributed by atoms with E-state index in [1.165, 1.54) is 4.88 Å². The summed E-state index contributed by atoms with van der Waals surface area (Å²) in [7, 11) is 1.97. The number of nitrogens with zero attached hydrogens (tertiary/aromatic N) is 2. The van der Waals surface area contributed by atoms with Crippen LogP contribution in [0, 0.1) is 6.92 Å². The molecule has 2 aromatic rings. The molecule has 0 aromatic carbocycles. The molecular weight excluding hydrogens is 218 g/mol. The fourth-order valence-electron chi connectivity index (χ4n) is 1.58. The Labute approximate surface area is 99.6 Å². The second-order valence-corrected chi connectivity index (χ2v) is 4.93. The molecule has 1 unspecified atom stereocenters. The van der Waals surface area contributed by atoms with Crippen molar-refractivity contribution in [2.75, 3.05) is 7.05 Å². The molecule has 0 aliphatic carbocycles. The number of pyridine rings is 1. The molecular formula is C12H15N3S. The van der Waals surface area contributed by atoms with Crippen LogP contribution in [0.15, 0.2) is 24.5 Å². The first kappa shape index (κ1) is 11.2. The summed E-state index contributed by atoms with van der Waals surface area (Å²) in [5.74, 6) is 0. The third-order valence-electron chi connectivity index (χ3n) is 2.54. The Morgan fingerprint density at radius 1 is 1.31 bits per heavy atom. The topological polar surface area (TPSA) is 37.8 Å². The Morgan fingerprint density at radius 3 is 2.62 bits per heavy atom. The van der Waals surface area contributed by atoms with Gasteiger partial charge in [-0.25, -0.2) is 4.98 Å². The minimum Gasteiger partial charge on any atom is -0.312 e. The second-order valence-electron chi connectivity index (χ2n) is 3.69. The molecule has 0 radical (unpaired) electrons. The highest BCUT2D eigenvalue weighted by Gasteiger charge is 2.15. The van der Waals surface area contributed by atoms with Gasteiger partial charge in [0.15, 0.2) is 0 Å². The lowest BCUT2D eigenvalue weighted by molar-refractivity contribution is 0.664. The average molecular weight is 233 g/mol. The van der Waals surface area contributed by atoms with Crippen molar-refractivity contribution in [3.63, 3.8) is 0 Å². The van der Waals surface area contributed by atoms with E-state index in [0.29, 0.717) is 6.04 Å². The predicted octanol–water partition coefficient (Wildman–Crippen LogP) is 2.79. The van der Waals surface area contributed by atoms with E-state index in [1.807, 2.05) is 26.1 Å².